The van der Waals surface area contributed by atoms with Gasteiger partial charge in [0.1, 0.15) is 0 Å². The zero-order valence-corrected chi connectivity index (χ0v) is 10.8. The van der Waals surface area contributed by atoms with E-state index >= 15 is 0 Å². The Morgan fingerprint density at radius 2 is 2.12 bits per heavy atom. The van der Waals surface area contributed by atoms with Crippen molar-refractivity contribution in [3.05, 3.63) is 33.8 Å². The minimum Gasteiger partial charge on any atom is -0.312 e. The minimum absolute atomic E-state index is 0.0558. The lowest BCUT2D eigenvalue weighted by atomic mass is 9.92. The highest BCUT2D eigenvalue weighted by molar-refractivity contribution is 6.35. The van der Waals surface area contributed by atoms with Crippen molar-refractivity contribution in [3.8, 4) is 6.07 Å². The van der Waals surface area contributed by atoms with Crippen molar-refractivity contribution in [3.63, 3.8) is 0 Å². The third-order valence-electron chi connectivity index (χ3n) is 2.62. The van der Waals surface area contributed by atoms with Crippen LogP contribution in [0.2, 0.25) is 10.0 Å². The van der Waals surface area contributed by atoms with Gasteiger partial charge < -0.3 is 5.32 Å². The molecule has 0 aliphatic heterocycles. The van der Waals surface area contributed by atoms with E-state index in [1.807, 2.05) is 20.0 Å². The highest BCUT2D eigenvalue weighted by Crippen LogP contribution is 2.31. The molecule has 0 heterocycles. The Morgan fingerprint density at radius 1 is 1.44 bits per heavy atom. The van der Waals surface area contributed by atoms with Crippen molar-refractivity contribution < 1.29 is 0 Å². The van der Waals surface area contributed by atoms with Gasteiger partial charge in [-0.05, 0) is 31.2 Å². The number of nitrogens with one attached hydrogen (secondary N) is 1. The first-order valence-electron chi connectivity index (χ1n) is 5.15. The van der Waals surface area contributed by atoms with Gasteiger partial charge in [-0.3, -0.25) is 0 Å². The van der Waals surface area contributed by atoms with Crippen LogP contribution in [0, 0.1) is 17.2 Å². The van der Waals surface area contributed by atoms with Crippen LogP contribution in [0.4, 0.5) is 0 Å². The van der Waals surface area contributed by atoms with Crippen LogP contribution in [-0.4, -0.2) is 7.05 Å². The fourth-order valence-corrected chi connectivity index (χ4v) is 2.25. The quantitative estimate of drug-likeness (QED) is 0.890. The maximum absolute atomic E-state index is 9.08. The number of nitrogens with zero attached hydrogens (tertiary/aromatic N) is 1. The van der Waals surface area contributed by atoms with Crippen LogP contribution in [0.3, 0.4) is 0 Å². The molecule has 0 aliphatic carbocycles. The predicted molar refractivity (Wildman–Crippen MR) is 67.7 cm³/mol. The first-order valence-corrected chi connectivity index (χ1v) is 5.91. The molecule has 0 amide bonds. The van der Waals surface area contributed by atoms with Crippen LogP contribution in [0.15, 0.2) is 18.2 Å². The van der Waals surface area contributed by atoms with Gasteiger partial charge in [-0.15, -0.1) is 0 Å². The van der Waals surface area contributed by atoms with Gasteiger partial charge >= 0.3 is 0 Å². The number of rotatable bonds is 4. The third kappa shape index (κ3) is 2.89. The molecular weight excluding hydrogens is 243 g/mol. The summed E-state index contributed by atoms with van der Waals surface area (Å²) < 4.78 is 0. The first kappa shape index (κ1) is 13.3. The standard InChI is InChI=1S/C12H14Cl2N2/c1-3-8(7-15)12(16-2)10-5-4-9(13)6-11(10)14/h4-6,8,12,16H,3H2,1-2H3. The Bertz CT molecular complexity index is 398. The maximum Gasteiger partial charge on any atom is 0.0675 e. The topological polar surface area (TPSA) is 35.8 Å². The van der Waals surface area contributed by atoms with E-state index in [2.05, 4.69) is 11.4 Å². The summed E-state index contributed by atoms with van der Waals surface area (Å²) in [6, 6.07) is 7.59. The smallest absolute Gasteiger partial charge is 0.0675 e. The lowest BCUT2D eigenvalue weighted by Crippen LogP contribution is -2.24. The molecule has 0 bridgehead atoms. The number of benzene rings is 1. The molecule has 0 aromatic heterocycles. The average molecular weight is 257 g/mol. The van der Waals surface area contributed by atoms with Crippen LogP contribution in [0.5, 0.6) is 0 Å². The fraction of sp³-hybridized carbons (Fsp3) is 0.417. The molecule has 2 unspecified atom stereocenters. The summed E-state index contributed by atoms with van der Waals surface area (Å²) in [6.45, 7) is 1.99. The molecule has 4 heteroatoms. The van der Waals surface area contributed by atoms with Crippen molar-refractivity contribution in [1.29, 1.82) is 5.26 Å². The monoisotopic (exact) mass is 256 g/mol. The van der Waals surface area contributed by atoms with E-state index in [9.17, 15) is 0 Å². The van der Waals surface area contributed by atoms with Crippen LogP contribution in [0.25, 0.3) is 0 Å². The number of halogens is 2. The van der Waals surface area contributed by atoms with E-state index in [1.165, 1.54) is 0 Å². The molecule has 0 radical (unpaired) electrons. The zero-order valence-electron chi connectivity index (χ0n) is 9.30. The summed E-state index contributed by atoms with van der Waals surface area (Å²) in [6.07, 6.45) is 0.779. The second-order valence-corrected chi connectivity index (χ2v) is 4.42. The Hall–Kier alpha value is -0.750. The van der Waals surface area contributed by atoms with Gasteiger partial charge in [0.15, 0.2) is 0 Å². The second-order valence-electron chi connectivity index (χ2n) is 3.58. The third-order valence-corrected chi connectivity index (χ3v) is 3.18. The minimum atomic E-state index is -0.0938. The van der Waals surface area contributed by atoms with Gasteiger partial charge in [-0.1, -0.05) is 36.2 Å². The normalized spacial score (nSPS) is 14.2. The summed E-state index contributed by atoms with van der Waals surface area (Å²) in [5.74, 6) is -0.0938. The summed E-state index contributed by atoms with van der Waals surface area (Å²) in [5, 5.41) is 13.4. The second kappa shape index (κ2) is 6.10. The van der Waals surface area contributed by atoms with E-state index in [0.717, 1.165) is 12.0 Å². The highest BCUT2D eigenvalue weighted by Gasteiger charge is 2.21. The van der Waals surface area contributed by atoms with Crippen LogP contribution >= 0.6 is 23.2 Å². The van der Waals surface area contributed by atoms with E-state index < -0.39 is 0 Å². The Labute approximate surface area is 106 Å². The van der Waals surface area contributed by atoms with Crippen molar-refractivity contribution in [1.82, 2.24) is 5.32 Å². The van der Waals surface area contributed by atoms with Gasteiger partial charge in [-0.2, -0.15) is 5.26 Å². The van der Waals surface area contributed by atoms with Crippen molar-refractivity contribution >= 4 is 23.2 Å². The predicted octanol–water partition coefficient (Wildman–Crippen LogP) is 3.80. The summed E-state index contributed by atoms with van der Waals surface area (Å²) in [7, 11) is 1.83. The van der Waals surface area contributed by atoms with Crippen molar-refractivity contribution in [2.45, 2.75) is 19.4 Å². The summed E-state index contributed by atoms with van der Waals surface area (Å²) in [5.41, 5.74) is 0.918. The van der Waals surface area contributed by atoms with E-state index in [1.54, 1.807) is 12.1 Å². The van der Waals surface area contributed by atoms with Gasteiger partial charge in [0, 0.05) is 16.1 Å². The first-order chi connectivity index (χ1) is 7.63. The molecule has 2 nitrogen and oxygen atoms in total. The molecule has 1 aromatic rings. The molecule has 1 aromatic carbocycles. The molecule has 16 heavy (non-hydrogen) atoms. The van der Waals surface area contributed by atoms with Crippen LogP contribution < -0.4 is 5.32 Å². The van der Waals surface area contributed by atoms with Crippen LogP contribution in [-0.2, 0) is 0 Å². The molecule has 0 saturated heterocycles. The number of nitriles is 1. The lowest BCUT2D eigenvalue weighted by Gasteiger charge is -2.22. The SMILES string of the molecule is CCC(C#N)C(NC)c1ccc(Cl)cc1Cl. The van der Waals surface area contributed by atoms with E-state index in [0.29, 0.717) is 10.0 Å². The molecule has 0 spiro atoms. The molecule has 86 valence electrons. The fourth-order valence-electron chi connectivity index (χ4n) is 1.73. The van der Waals surface area contributed by atoms with Crippen molar-refractivity contribution in [2.75, 3.05) is 7.05 Å². The molecule has 0 aliphatic rings. The molecule has 1 rings (SSSR count). The Kier molecular flexibility index (Phi) is 5.08. The molecular formula is C12H14Cl2N2. The highest BCUT2D eigenvalue weighted by atomic mass is 35.5. The number of hydrogen-bond acceptors (Lipinski definition) is 2. The van der Waals surface area contributed by atoms with Crippen molar-refractivity contribution in [2.24, 2.45) is 5.92 Å². The molecule has 0 fully saturated rings. The van der Waals surface area contributed by atoms with Crippen LogP contribution in [0.1, 0.15) is 24.9 Å². The zero-order chi connectivity index (χ0) is 12.1. The largest absolute Gasteiger partial charge is 0.312 e. The lowest BCUT2D eigenvalue weighted by molar-refractivity contribution is 0.449. The Balaban J connectivity index is 3.09. The maximum atomic E-state index is 9.08. The summed E-state index contributed by atoms with van der Waals surface area (Å²) >= 11 is 12.0. The number of hydrogen-bond donors (Lipinski definition) is 1. The van der Waals surface area contributed by atoms with E-state index in [-0.39, 0.29) is 12.0 Å². The average Bonchev–Trinajstić information content (AvgIpc) is 2.27. The van der Waals surface area contributed by atoms with Gasteiger partial charge in [0.25, 0.3) is 0 Å². The molecule has 1 N–H and O–H groups in total. The Morgan fingerprint density at radius 3 is 2.56 bits per heavy atom. The van der Waals surface area contributed by atoms with E-state index in [4.69, 9.17) is 28.5 Å². The van der Waals surface area contributed by atoms with Gasteiger partial charge in [0.05, 0.1) is 12.0 Å². The van der Waals surface area contributed by atoms with Gasteiger partial charge in [0.2, 0.25) is 0 Å². The molecule has 2 atom stereocenters. The van der Waals surface area contributed by atoms with Gasteiger partial charge in [-0.25, -0.2) is 0 Å². The molecule has 0 saturated carbocycles. The summed E-state index contributed by atoms with van der Waals surface area (Å²) in [4.78, 5) is 0.